The second-order valence-electron chi connectivity index (χ2n) is 12.0. The molecule has 22 heteroatoms. The number of rotatable bonds is 28. The molecule has 0 radical (unpaired) electrons. The van der Waals surface area contributed by atoms with Crippen LogP contribution < -0.4 is 63.7 Å². The number of carboxylic acids is 4. The van der Waals surface area contributed by atoms with E-state index in [0.717, 1.165) is 0 Å². The summed E-state index contributed by atoms with van der Waals surface area (Å²) in [5.41, 5.74) is 0. The van der Waals surface area contributed by atoms with Crippen molar-refractivity contribution in [1.82, 2.24) is 0 Å². The molecular weight excluding hydrogens is 812 g/mol. The van der Waals surface area contributed by atoms with Crippen LogP contribution in [0.15, 0.2) is 30.6 Å². The second-order valence-corrected chi connectivity index (χ2v) is 15.4. The van der Waals surface area contributed by atoms with E-state index in [1.807, 2.05) is 0 Å². The summed E-state index contributed by atoms with van der Waals surface area (Å²) in [6.45, 7) is 3.47. The van der Waals surface area contributed by atoms with Crippen LogP contribution in [-0.4, -0.2) is 83.6 Å². The van der Waals surface area contributed by atoms with Gasteiger partial charge in [-0.25, -0.2) is 4.57 Å². The normalized spacial score (nSPS) is 11.7. The summed E-state index contributed by atoms with van der Waals surface area (Å²) in [6.07, 6.45) is 19.1. The molecule has 2 atom stereocenters. The number of carboxylic acid groups (broad SMARTS) is 4. The fraction of sp³-hybridized carbons (Fsp3) is 0.667. The maximum absolute atomic E-state index is 11.6. The number of aryl methyl sites for hydroxylation is 1. The first-order valence-electron chi connectivity index (χ1n) is 17.2. The number of hydrogen-bond donors (Lipinski definition) is 4. The van der Waals surface area contributed by atoms with Crippen LogP contribution in [0.25, 0.3) is 0 Å². The third kappa shape index (κ3) is 30.9. The number of aliphatic carboxylic acids is 4. The fourth-order valence-corrected chi connectivity index (χ4v) is 6.78. The van der Waals surface area contributed by atoms with Gasteiger partial charge in [0.05, 0.1) is 25.7 Å². The van der Waals surface area contributed by atoms with Gasteiger partial charge in [0.1, 0.15) is 6.54 Å². The van der Waals surface area contributed by atoms with E-state index in [1.165, 1.54) is 96.4 Å². The van der Waals surface area contributed by atoms with Crippen molar-refractivity contribution in [3.05, 3.63) is 30.6 Å². The molecule has 17 nitrogen and oxygen atoms in total. The van der Waals surface area contributed by atoms with E-state index in [2.05, 4.69) is 50.4 Å². The van der Waals surface area contributed by atoms with E-state index in [-0.39, 0.29) is 74.4 Å². The molecule has 0 saturated heterocycles. The van der Waals surface area contributed by atoms with Crippen molar-refractivity contribution in [3.63, 3.8) is 0 Å². The minimum absolute atomic E-state index is 0. The molecular formula is C33H55ClNNa2O16S2+. The Labute approximate surface area is 376 Å². The predicted octanol–water partition coefficient (Wildman–Crippen LogP) is -1.52. The largest absolute Gasteiger partial charge is 1.00 e. The first-order chi connectivity index (χ1) is 24.4. The Kier molecular flexibility index (Phi) is 37.2. The number of halogens is 1. The summed E-state index contributed by atoms with van der Waals surface area (Å²) < 4.78 is 56.5. The van der Waals surface area contributed by atoms with Gasteiger partial charge in [-0.2, -0.15) is 16.8 Å². The number of hydrogen-bond acceptors (Lipinski definition) is 12. The Morgan fingerprint density at radius 1 is 0.564 bits per heavy atom. The van der Waals surface area contributed by atoms with E-state index >= 15 is 0 Å². The number of unbranched alkanes of at least 4 members (excludes halogenated alkanes) is 13. The van der Waals surface area contributed by atoms with Crippen LogP contribution in [0.5, 0.6) is 0 Å². The second kappa shape index (κ2) is 34.2. The number of carbonyl (C=O) groups excluding carboxylic acids is 2. The third-order valence-electron chi connectivity index (χ3n) is 7.47. The molecule has 0 fully saturated rings. The monoisotopic (exact) mass is 866 g/mol. The van der Waals surface area contributed by atoms with Gasteiger partial charge in [-0.3, -0.25) is 28.8 Å². The zero-order valence-electron chi connectivity index (χ0n) is 33.8. The van der Waals surface area contributed by atoms with Crippen LogP contribution in [0.2, 0.25) is 0 Å². The Hall–Kier alpha value is -1.84. The van der Waals surface area contributed by atoms with Gasteiger partial charge in [-0.05, 0) is 6.42 Å². The van der Waals surface area contributed by atoms with Crippen molar-refractivity contribution in [2.45, 2.75) is 140 Å². The first-order valence-corrected chi connectivity index (χ1v) is 20.1. The van der Waals surface area contributed by atoms with Gasteiger partial charge >= 0.3 is 115 Å². The van der Waals surface area contributed by atoms with Crippen molar-refractivity contribution in [1.29, 1.82) is 0 Å². The van der Waals surface area contributed by atoms with Crippen molar-refractivity contribution in [2.24, 2.45) is 0 Å². The van der Waals surface area contributed by atoms with E-state index in [9.17, 15) is 45.6 Å². The number of aromatic nitrogens is 1. The van der Waals surface area contributed by atoms with Crippen molar-refractivity contribution in [2.75, 3.05) is 0 Å². The number of carbonyl (C=O) groups is 6. The Morgan fingerprint density at radius 2 is 0.873 bits per heavy atom. The predicted molar refractivity (Wildman–Crippen MR) is 193 cm³/mol. The van der Waals surface area contributed by atoms with Gasteiger partial charge in [0, 0.05) is 18.6 Å². The summed E-state index contributed by atoms with van der Waals surface area (Å²) in [5, 5.41) is 29.1. The molecule has 0 saturated carbocycles. The van der Waals surface area contributed by atoms with Crippen LogP contribution >= 0.6 is 12.4 Å². The quantitative estimate of drug-likeness (QED) is 0.0322. The van der Waals surface area contributed by atoms with Gasteiger partial charge in [0.2, 0.25) is 10.5 Å². The first kappa shape index (κ1) is 59.8. The molecule has 0 bridgehead atoms. The molecule has 1 aromatic heterocycles. The molecule has 0 aliphatic heterocycles. The molecule has 0 aliphatic rings. The summed E-state index contributed by atoms with van der Waals surface area (Å²) in [6, 6.07) is 6.31. The molecule has 0 spiro atoms. The van der Waals surface area contributed by atoms with Crippen molar-refractivity contribution < 1.29 is 141 Å². The van der Waals surface area contributed by atoms with Crippen LogP contribution in [0.1, 0.15) is 125 Å². The molecule has 0 aliphatic carbocycles. The zero-order valence-corrected chi connectivity index (χ0v) is 38.3. The standard InChI is InChI=1S/C21H38N.C12H14O16S2.ClH.2Na.2H/c1-2-3-4-5-6-7-8-9-10-11-12-13-14-16-19-22-20-17-15-18-21-22;13-7(14)3-5(11(19)20)29(23,24)27-9(17)1-2-10(18)28-30(25,26)6(12(21)22)4-8(15)16;;;;;/h15,17-18,20-21H,2-14,16,19H2,1H3;5-6H,1-4H2,(H,13,14)(H,15,16)(H,19,20)(H,21,22);1H;;;;/q+1;;;2*+1;2*-1. The third-order valence-corrected chi connectivity index (χ3v) is 10.4. The van der Waals surface area contributed by atoms with Crippen LogP contribution in [-0.2, 0) is 63.9 Å². The van der Waals surface area contributed by atoms with Gasteiger partial charge in [0.15, 0.2) is 12.4 Å². The molecule has 0 amide bonds. The fourth-order valence-electron chi connectivity index (χ4n) is 4.68. The topological polar surface area (TPSA) is 274 Å². The number of pyridine rings is 1. The van der Waals surface area contributed by atoms with Gasteiger partial charge in [-0.1, -0.05) is 90.0 Å². The molecule has 1 heterocycles. The minimum Gasteiger partial charge on any atom is -1.00 e. The Morgan fingerprint density at radius 3 is 1.16 bits per heavy atom. The van der Waals surface area contributed by atoms with E-state index in [4.69, 9.17) is 20.4 Å². The maximum Gasteiger partial charge on any atom is 1.00 e. The molecule has 55 heavy (non-hydrogen) atoms. The van der Waals surface area contributed by atoms with Gasteiger partial charge in [0.25, 0.3) is 0 Å². The summed E-state index contributed by atoms with van der Waals surface area (Å²) in [7, 11) is -10.6. The summed E-state index contributed by atoms with van der Waals surface area (Å²) in [4.78, 5) is 65.5. The van der Waals surface area contributed by atoms with Gasteiger partial charge in [-0.15, -0.1) is 12.4 Å². The minimum atomic E-state index is -5.28. The van der Waals surface area contributed by atoms with Crippen LogP contribution in [0.3, 0.4) is 0 Å². The van der Waals surface area contributed by atoms with Gasteiger partial charge < -0.3 is 31.6 Å². The molecule has 1 aromatic rings. The average molecular weight is 867 g/mol. The van der Waals surface area contributed by atoms with E-state index in [1.54, 1.807) is 0 Å². The maximum atomic E-state index is 11.6. The van der Waals surface area contributed by atoms with Crippen molar-refractivity contribution >= 4 is 68.5 Å². The van der Waals surface area contributed by atoms with E-state index in [0.29, 0.717) is 0 Å². The molecule has 4 N–H and O–H groups in total. The van der Waals surface area contributed by atoms with E-state index < -0.39 is 92.2 Å². The summed E-state index contributed by atoms with van der Waals surface area (Å²) in [5.74, 6) is -11.5. The molecule has 0 aromatic carbocycles. The van der Waals surface area contributed by atoms with Crippen LogP contribution in [0, 0.1) is 0 Å². The molecule has 308 valence electrons. The Bertz CT molecular complexity index is 1430. The van der Waals surface area contributed by atoms with Crippen molar-refractivity contribution in [3.8, 4) is 0 Å². The SMILES string of the molecule is CCCCCCCCCCCCCCCC[n+]1ccccc1.Cl.O=C(O)CC(C(=O)O)S(=O)(=O)OC(=O)CCC(=O)OS(=O)(=O)C(CC(=O)O)C(=O)O.[H-].[H-].[Na+].[Na+]. The van der Waals surface area contributed by atoms with Crippen LogP contribution in [0.4, 0.5) is 0 Å². The average Bonchev–Trinajstić information content (AvgIpc) is 3.05. The zero-order chi connectivity index (χ0) is 39.6. The summed E-state index contributed by atoms with van der Waals surface area (Å²) >= 11 is 0. The number of nitrogens with zero attached hydrogens (tertiary/aromatic N) is 1. The smallest absolute Gasteiger partial charge is 1.00 e. The molecule has 1 rings (SSSR count). The Balaban J connectivity index is -0.000000217. The molecule has 2 unspecified atom stereocenters.